The van der Waals surface area contributed by atoms with Crippen LogP contribution in [0.3, 0.4) is 0 Å². The molecule has 0 aromatic heterocycles. The predicted molar refractivity (Wildman–Crippen MR) is 82.5 cm³/mol. The van der Waals surface area contributed by atoms with Gasteiger partial charge in [0, 0.05) is 11.1 Å². The minimum Gasteiger partial charge on any atom is -0.324 e. The molecular formula is C17H20ClN. The van der Waals surface area contributed by atoms with Crippen LogP contribution >= 0.6 is 11.6 Å². The summed E-state index contributed by atoms with van der Waals surface area (Å²) >= 11 is 6.24. The predicted octanol–water partition coefficient (Wildman–Crippen LogP) is 4.67. The molecule has 19 heavy (non-hydrogen) atoms. The van der Waals surface area contributed by atoms with E-state index in [1.54, 1.807) is 0 Å². The van der Waals surface area contributed by atoms with E-state index in [9.17, 15) is 0 Å². The summed E-state index contributed by atoms with van der Waals surface area (Å²) in [5.41, 5.74) is 9.82. The SMILES string of the molecule is Cc1ccc(C(N)CCCc2ccccc2)c(Cl)c1. The fraction of sp³-hybridized carbons (Fsp3) is 0.294. The van der Waals surface area contributed by atoms with Gasteiger partial charge >= 0.3 is 0 Å². The second-order valence-electron chi connectivity index (χ2n) is 5.01. The van der Waals surface area contributed by atoms with Gasteiger partial charge in [-0.05, 0) is 48.9 Å². The smallest absolute Gasteiger partial charge is 0.0456 e. The number of halogens is 1. The lowest BCUT2D eigenvalue weighted by molar-refractivity contribution is 0.611. The van der Waals surface area contributed by atoms with Gasteiger partial charge in [0.25, 0.3) is 0 Å². The molecule has 0 aliphatic rings. The Hall–Kier alpha value is -1.31. The Kier molecular flexibility index (Phi) is 5.00. The molecule has 2 rings (SSSR count). The maximum Gasteiger partial charge on any atom is 0.0456 e. The fourth-order valence-electron chi connectivity index (χ4n) is 2.26. The number of benzene rings is 2. The third-order valence-corrected chi connectivity index (χ3v) is 3.71. The van der Waals surface area contributed by atoms with E-state index in [0.29, 0.717) is 0 Å². The Bertz CT molecular complexity index is 522. The minimum absolute atomic E-state index is 0.0248. The second kappa shape index (κ2) is 6.74. The van der Waals surface area contributed by atoms with Crippen molar-refractivity contribution in [1.82, 2.24) is 0 Å². The van der Waals surface area contributed by atoms with E-state index in [1.165, 1.54) is 11.1 Å². The fourth-order valence-corrected chi connectivity index (χ4v) is 2.63. The zero-order valence-electron chi connectivity index (χ0n) is 11.3. The van der Waals surface area contributed by atoms with Crippen molar-refractivity contribution in [3.05, 3.63) is 70.2 Å². The highest BCUT2D eigenvalue weighted by Crippen LogP contribution is 2.25. The molecule has 2 heteroatoms. The van der Waals surface area contributed by atoms with Crippen LogP contribution in [0.4, 0.5) is 0 Å². The molecule has 2 aromatic carbocycles. The van der Waals surface area contributed by atoms with Gasteiger partial charge in [0.2, 0.25) is 0 Å². The highest BCUT2D eigenvalue weighted by molar-refractivity contribution is 6.31. The molecule has 0 radical (unpaired) electrons. The number of aryl methyl sites for hydroxylation is 2. The van der Waals surface area contributed by atoms with Gasteiger partial charge in [0.15, 0.2) is 0 Å². The third kappa shape index (κ3) is 4.09. The lowest BCUT2D eigenvalue weighted by Crippen LogP contribution is -2.11. The molecule has 1 atom stereocenters. The highest BCUT2D eigenvalue weighted by atomic mass is 35.5. The van der Waals surface area contributed by atoms with Gasteiger partial charge < -0.3 is 5.73 Å². The zero-order chi connectivity index (χ0) is 13.7. The lowest BCUT2D eigenvalue weighted by atomic mass is 9.99. The van der Waals surface area contributed by atoms with Gasteiger partial charge in [-0.15, -0.1) is 0 Å². The van der Waals surface area contributed by atoms with Gasteiger partial charge in [0.1, 0.15) is 0 Å². The van der Waals surface area contributed by atoms with Crippen molar-refractivity contribution in [2.75, 3.05) is 0 Å². The Labute approximate surface area is 120 Å². The van der Waals surface area contributed by atoms with Crippen LogP contribution in [0.25, 0.3) is 0 Å². The quantitative estimate of drug-likeness (QED) is 0.842. The first-order chi connectivity index (χ1) is 9.16. The van der Waals surface area contributed by atoms with E-state index < -0.39 is 0 Å². The van der Waals surface area contributed by atoms with E-state index >= 15 is 0 Å². The summed E-state index contributed by atoms with van der Waals surface area (Å²) in [5, 5.41) is 0.784. The zero-order valence-corrected chi connectivity index (χ0v) is 12.0. The molecule has 0 aliphatic heterocycles. The molecule has 0 saturated carbocycles. The molecule has 2 N–H and O–H groups in total. The average molecular weight is 274 g/mol. The number of hydrogen-bond acceptors (Lipinski definition) is 1. The topological polar surface area (TPSA) is 26.0 Å². The largest absolute Gasteiger partial charge is 0.324 e. The molecule has 0 fully saturated rings. The van der Waals surface area contributed by atoms with Crippen molar-refractivity contribution in [3.63, 3.8) is 0 Å². The normalized spacial score (nSPS) is 12.4. The van der Waals surface area contributed by atoms with Gasteiger partial charge in [-0.1, -0.05) is 54.1 Å². The Morgan fingerprint density at radius 3 is 2.53 bits per heavy atom. The van der Waals surface area contributed by atoms with Crippen molar-refractivity contribution in [1.29, 1.82) is 0 Å². The number of hydrogen-bond donors (Lipinski definition) is 1. The summed E-state index contributed by atoms with van der Waals surface area (Å²) in [6.45, 7) is 2.04. The molecule has 0 bridgehead atoms. The Balaban J connectivity index is 1.89. The van der Waals surface area contributed by atoms with Crippen LogP contribution < -0.4 is 5.73 Å². The summed E-state index contributed by atoms with van der Waals surface area (Å²) in [7, 11) is 0. The van der Waals surface area contributed by atoms with Crippen molar-refractivity contribution in [3.8, 4) is 0 Å². The van der Waals surface area contributed by atoms with Crippen LogP contribution in [-0.2, 0) is 6.42 Å². The van der Waals surface area contributed by atoms with Crippen molar-refractivity contribution in [2.45, 2.75) is 32.2 Å². The van der Waals surface area contributed by atoms with Crippen LogP contribution in [-0.4, -0.2) is 0 Å². The van der Waals surface area contributed by atoms with Crippen molar-refractivity contribution in [2.24, 2.45) is 5.73 Å². The van der Waals surface area contributed by atoms with E-state index in [4.69, 9.17) is 17.3 Å². The second-order valence-corrected chi connectivity index (χ2v) is 5.42. The minimum atomic E-state index is 0.0248. The Morgan fingerprint density at radius 2 is 1.84 bits per heavy atom. The van der Waals surface area contributed by atoms with Crippen LogP contribution in [0.2, 0.25) is 5.02 Å². The molecular weight excluding hydrogens is 254 g/mol. The highest BCUT2D eigenvalue weighted by Gasteiger charge is 2.09. The lowest BCUT2D eigenvalue weighted by Gasteiger charge is -2.14. The van der Waals surface area contributed by atoms with Gasteiger partial charge in [0.05, 0.1) is 0 Å². The molecule has 0 spiro atoms. The van der Waals surface area contributed by atoms with E-state index in [-0.39, 0.29) is 6.04 Å². The molecule has 0 heterocycles. The third-order valence-electron chi connectivity index (χ3n) is 3.38. The van der Waals surface area contributed by atoms with Crippen molar-refractivity contribution >= 4 is 11.6 Å². The maximum atomic E-state index is 6.24. The molecule has 0 saturated heterocycles. The van der Waals surface area contributed by atoms with E-state index in [0.717, 1.165) is 29.8 Å². The number of nitrogens with two attached hydrogens (primary N) is 1. The summed E-state index contributed by atoms with van der Waals surface area (Å²) in [6, 6.07) is 16.6. The standard InChI is InChI=1S/C17H20ClN/c1-13-10-11-15(16(18)12-13)17(19)9-5-8-14-6-3-2-4-7-14/h2-4,6-7,10-12,17H,5,8-9,19H2,1H3. The molecule has 1 nitrogen and oxygen atoms in total. The number of rotatable bonds is 5. The summed E-state index contributed by atoms with van der Waals surface area (Å²) in [6.07, 6.45) is 3.10. The first-order valence-electron chi connectivity index (χ1n) is 6.72. The van der Waals surface area contributed by atoms with Gasteiger partial charge in [-0.3, -0.25) is 0 Å². The first-order valence-corrected chi connectivity index (χ1v) is 7.10. The van der Waals surface area contributed by atoms with Crippen LogP contribution in [0, 0.1) is 6.92 Å². The van der Waals surface area contributed by atoms with E-state index in [2.05, 4.69) is 30.3 Å². The molecule has 0 amide bonds. The first kappa shape index (κ1) is 14.1. The monoisotopic (exact) mass is 273 g/mol. The Morgan fingerprint density at radius 1 is 1.11 bits per heavy atom. The molecule has 0 aliphatic carbocycles. The molecule has 2 aromatic rings. The van der Waals surface area contributed by atoms with Crippen LogP contribution in [0.15, 0.2) is 48.5 Å². The van der Waals surface area contributed by atoms with Crippen LogP contribution in [0.1, 0.15) is 35.6 Å². The summed E-state index contributed by atoms with van der Waals surface area (Å²) in [4.78, 5) is 0. The van der Waals surface area contributed by atoms with Crippen molar-refractivity contribution < 1.29 is 0 Å². The summed E-state index contributed by atoms with van der Waals surface area (Å²) in [5.74, 6) is 0. The average Bonchev–Trinajstić information content (AvgIpc) is 2.39. The molecule has 1 unspecified atom stereocenters. The van der Waals surface area contributed by atoms with E-state index in [1.807, 2.05) is 25.1 Å². The molecule has 100 valence electrons. The van der Waals surface area contributed by atoms with Gasteiger partial charge in [-0.25, -0.2) is 0 Å². The van der Waals surface area contributed by atoms with Gasteiger partial charge in [-0.2, -0.15) is 0 Å². The maximum absolute atomic E-state index is 6.24. The van der Waals surface area contributed by atoms with Crippen LogP contribution in [0.5, 0.6) is 0 Å². The summed E-state index contributed by atoms with van der Waals surface area (Å²) < 4.78 is 0.